The second-order valence-electron chi connectivity index (χ2n) is 4.42. The summed E-state index contributed by atoms with van der Waals surface area (Å²) in [5.74, 6) is -0.279. The molecular formula is C15H12Cl2O3. The maximum Gasteiger partial charge on any atom is 0.339 e. The number of aromatic carboxylic acids is 1. The SMILES string of the molecule is Cc1cc(Cl)cc(C)c1Oc1cc(Cl)ccc1C(=O)O. The summed E-state index contributed by atoms with van der Waals surface area (Å²) in [6, 6.07) is 7.93. The van der Waals surface area contributed by atoms with Crippen molar-refractivity contribution in [1.29, 1.82) is 0 Å². The molecule has 3 nitrogen and oxygen atoms in total. The summed E-state index contributed by atoms with van der Waals surface area (Å²) < 4.78 is 5.74. The molecule has 0 unspecified atom stereocenters. The molecule has 20 heavy (non-hydrogen) atoms. The number of carboxylic acids is 1. The number of aryl methyl sites for hydroxylation is 2. The highest BCUT2D eigenvalue weighted by atomic mass is 35.5. The molecule has 2 rings (SSSR count). The fourth-order valence-electron chi connectivity index (χ4n) is 1.93. The quantitative estimate of drug-likeness (QED) is 0.857. The van der Waals surface area contributed by atoms with E-state index in [1.807, 2.05) is 13.8 Å². The van der Waals surface area contributed by atoms with Crippen LogP contribution < -0.4 is 4.74 Å². The first-order valence-corrected chi connectivity index (χ1v) is 6.61. The molecule has 0 saturated heterocycles. The van der Waals surface area contributed by atoms with Crippen molar-refractivity contribution < 1.29 is 14.6 Å². The molecule has 0 atom stereocenters. The van der Waals surface area contributed by atoms with Gasteiger partial charge in [0.05, 0.1) is 0 Å². The van der Waals surface area contributed by atoms with E-state index in [4.69, 9.17) is 27.9 Å². The van der Waals surface area contributed by atoms with Gasteiger partial charge in [-0.25, -0.2) is 4.79 Å². The summed E-state index contributed by atoms with van der Waals surface area (Å²) in [6.45, 7) is 3.69. The van der Waals surface area contributed by atoms with Crippen molar-refractivity contribution in [3.63, 3.8) is 0 Å². The van der Waals surface area contributed by atoms with Crippen LogP contribution in [0.15, 0.2) is 30.3 Å². The van der Waals surface area contributed by atoms with Crippen LogP contribution in [0.2, 0.25) is 10.0 Å². The topological polar surface area (TPSA) is 46.5 Å². The lowest BCUT2D eigenvalue weighted by atomic mass is 10.1. The zero-order valence-corrected chi connectivity index (χ0v) is 12.4. The zero-order chi connectivity index (χ0) is 14.9. The van der Waals surface area contributed by atoms with Gasteiger partial charge in [0.2, 0.25) is 0 Å². The van der Waals surface area contributed by atoms with Gasteiger partial charge in [0.25, 0.3) is 0 Å². The molecule has 0 spiro atoms. The van der Waals surface area contributed by atoms with E-state index in [9.17, 15) is 9.90 Å². The van der Waals surface area contributed by atoms with E-state index in [-0.39, 0.29) is 11.3 Å². The van der Waals surface area contributed by atoms with Crippen molar-refractivity contribution in [3.8, 4) is 11.5 Å². The van der Waals surface area contributed by atoms with Gasteiger partial charge in [-0.2, -0.15) is 0 Å². The lowest BCUT2D eigenvalue weighted by Crippen LogP contribution is -2.01. The minimum absolute atomic E-state index is 0.0585. The first-order chi connectivity index (χ1) is 9.38. The summed E-state index contributed by atoms with van der Waals surface area (Å²) >= 11 is 11.9. The summed E-state index contributed by atoms with van der Waals surface area (Å²) in [5.41, 5.74) is 1.71. The third-order valence-electron chi connectivity index (χ3n) is 2.81. The molecular weight excluding hydrogens is 299 g/mol. The number of carboxylic acid groups (broad SMARTS) is 1. The highest BCUT2D eigenvalue weighted by Gasteiger charge is 2.15. The Morgan fingerprint density at radius 1 is 1.05 bits per heavy atom. The van der Waals surface area contributed by atoms with E-state index in [1.54, 1.807) is 12.1 Å². The maximum atomic E-state index is 11.2. The Morgan fingerprint density at radius 2 is 1.65 bits per heavy atom. The van der Waals surface area contributed by atoms with Crippen LogP contribution in [0.1, 0.15) is 21.5 Å². The van der Waals surface area contributed by atoms with E-state index in [0.717, 1.165) is 11.1 Å². The van der Waals surface area contributed by atoms with Crippen LogP contribution in [0.25, 0.3) is 0 Å². The molecule has 0 aliphatic heterocycles. The maximum absolute atomic E-state index is 11.2. The van der Waals surface area contributed by atoms with Crippen LogP contribution in [0.5, 0.6) is 11.5 Å². The van der Waals surface area contributed by atoms with Crippen molar-refractivity contribution >= 4 is 29.2 Å². The Morgan fingerprint density at radius 3 is 2.20 bits per heavy atom. The molecule has 5 heteroatoms. The summed E-state index contributed by atoms with van der Waals surface area (Å²) in [6.07, 6.45) is 0. The number of halogens is 2. The number of hydrogen-bond acceptors (Lipinski definition) is 2. The first kappa shape index (κ1) is 14.7. The molecule has 2 aromatic carbocycles. The Balaban J connectivity index is 2.50. The molecule has 1 N–H and O–H groups in total. The monoisotopic (exact) mass is 310 g/mol. The van der Waals surface area contributed by atoms with E-state index in [0.29, 0.717) is 15.8 Å². The Bertz CT molecular complexity index is 658. The first-order valence-electron chi connectivity index (χ1n) is 5.86. The van der Waals surface area contributed by atoms with Crippen LogP contribution in [0.3, 0.4) is 0 Å². The predicted octanol–water partition coefficient (Wildman–Crippen LogP) is 5.10. The summed E-state index contributed by atoms with van der Waals surface area (Å²) in [5, 5.41) is 10.2. The lowest BCUT2D eigenvalue weighted by Gasteiger charge is -2.14. The van der Waals surface area contributed by atoms with Gasteiger partial charge in [-0.1, -0.05) is 23.2 Å². The molecule has 0 aromatic heterocycles. The number of benzene rings is 2. The van der Waals surface area contributed by atoms with Crippen LogP contribution in [0.4, 0.5) is 0 Å². The van der Waals surface area contributed by atoms with E-state index in [1.165, 1.54) is 18.2 Å². The molecule has 0 aliphatic rings. The minimum Gasteiger partial charge on any atom is -0.478 e. The van der Waals surface area contributed by atoms with E-state index in [2.05, 4.69) is 0 Å². The van der Waals surface area contributed by atoms with E-state index >= 15 is 0 Å². The van der Waals surface area contributed by atoms with E-state index < -0.39 is 5.97 Å². The molecule has 0 radical (unpaired) electrons. The van der Waals surface area contributed by atoms with Crippen LogP contribution in [-0.4, -0.2) is 11.1 Å². The van der Waals surface area contributed by atoms with Crippen LogP contribution in [-0.2, 0) is 0 Å². The van der Waals surface area contributed by atoms with Crippen molar-refractivity contribution in [2.24, 2.45) is 0 Å². The van der Waals surface area contributed by atoms with Crippen molar-refractivity contribution in [3.05, 3.63) is 57.1 Å². The second-order valence-corrected chi connectivity index (χ2v) is 5.29. The van der Waals surface area contributed by atoms with Gasteiger partial charge in [0.1, 0.15) is 17.1 Å². The Kier molecular flexibility index (Phi) is 4.21. The average molecular weight is 311 g/mol. The highest BCUT2D eigenvalue weighted by Crippen LogP contribution is 2.34. The molecule has 2 aromatic rings. The molecule has 104 valence electrons. The fraction of sp³-hybridized carbons (Fsp3) is 0.133. The minimum atomic E-state index is -1.07. The van der Waals surface area contributed by atoms with Gasteiger partial charge >= 0.3 is 5.97 Å². The van der Waals surface area contributed by atoms with Gasteiger partial charge < -0.3 is 9.84 Å². The van der Waals surface area contributed by atoms with Crippen molar-refractivity contribution in [1.82, 2.24) is 0 Å². The van der Waals surface area contributed by atoms with Crippen molar-refractivity contribution in [2.45, 2.75) is 13.8 Å². The second kappa shape index (κ2) is 5.73. The lowest BCUT2D eigenvalue weighted by molar-refractivity contribution is 0.0694. The van der Waals surface area contributed by atoms with Crippen LogP contribution in [0, 0.1) is 13.8 Å². The molecule has 0 saturated carbocycles. The van der Waals surface area contributed by atoms with Gasteiger partial charge in [-0.05, 0) is 49.2 Å². The molecule has 0 fully saturated rings. The third-order valence-corrected chi connectivity index (χ3v) is 3.26. The normalized spacial score (nSPS) is 10.4. The average Bonchev–Trinajstić information content (AvgIpc) is 2.33. The summed E-state index contributed by atoms with van der Waals surface area (Å²) in [7, 11) is 0. The zero-order valence-electron chi connectivity index (χ0n) is 10.9. The highest BCUT2D eigenvalue weighted by molar-refractivity contribution is 6.31. The molecule has 0 aliphatic carbocycles. The standard InChI is InChI=1S/C15H12Cl2O3/c1-8-5-11(17)6-9(2)14(8)20-13-7-10(16)3-4-12(13)15(18)19/h3-7H,1-2H3,(H,18,19). The van der Waals surface area contributed by atoms with Gasteiger partial charge in [0, 0.05) is 16.1 Å². The number of rotatable bonds is 3. The number of ether oxygens (including phenoxy) is 1. The number of carbonyl (C=O) groups is 1. The van der Waals surface area contributed by atoms with Gasteiger partial charge in [0.15, 0.2) is 0 Å². The molecule has 0 amide bonds. The third kappa shape index (κ3) is 3.06. The molecule has 0 heterocycles. The van der Waals surface area contributed by atoms with Gasteiger partial charge in [-0.3, -0.25) is 0 Å². The van der Waals surface area contributed by atoms with Crippen molar-refractivity contribution in [2.75, 3.05) is 0 Å². The largest absolute Gasteiger partial charge is 0.478 e. The van der Waals surface area contributed by atoms with Gasteiger partial charge in [-0.15, -0.1) is 0 Å². The Hall–Kier alpha value is -1.71. The fourth-order valence-corrected chi connectivity index (χ4v) is 2.42. The number of hydrogen-bond donors (Lipinski definition) is 1. The predicted molar refractivity (Wildman–Crippen MR) is 79.4 cm³/mol. The molecule has 0 bridgehead atoms. The smallest absolute Gasteiger partial charge is 0.339 e. The Labute approximate surface area is 126 Å². The van der Waals surface area contributed by atoms with Crippen LogP contribution >= 0.6 is 23.2 Å². The summed E-state index contributed by atoms with van der Waals surface area (Å²) in [4.78, 5) is 11.2.